The number of nitrogens with zero attached hydrogens (tertiary/aromatic N) is 2. The van der Waals surface area contributed by atoms with E-state index in [0.717, 1.165) is 24.2 Å². The van der Waals surface area contributed by atoms with Crippen LogP contribution in [0, 0.1) is 5.92 Å². The third-order valence-electron chi connectivity index (χ3n) is 4.35. The van der Waals surface area contributed by atoms with Crippen LogP contribution in [-0.4, -0.2) is 62.0 Å². The molecule has 1 rings (SSSR count). The highest BCUT2D eigenvalue weighted by Crippen LogP contribution is 2.27. The number of likely N-dealkylation sites (N-methyl/N-ethyl adjacent to an activating group) is 1. The molecule has 142 valence electrons. The van der Waals surface area contributed by atoms with Gasteiger partial charge in [-0.3, -0.25) is 4.79 Å². The van der Waals surface area contributed by atoms with E-state index in [9.17, 15) is 4.79 Å². The molecule has 7 heteroatoms. The Labute approximate surface area is 169 Å². The lowest BCUT2D eigenvalue weighted by Gasteiger charge is -2.30. The van der Waals surface area contributed by atoms with Gasteiger partial charge in [0.1, 0.15) is 6.54 Å². The van der Waals surface area contributed by atoms with Crippen molar-refractivity contribution in [3.63, 3.8) is 0 Å². The number of hydrogen-bond donors (Lipinski definition) is 2. The van der Waals surface area contributed by atoms with Crippen molar-refractivity contribution in [1.29, 1.82) is 0 Å². The molecule has 0 saturated heterocycles. The van der Waals surface area contributed by atoms with Gasteiger partial charge in [0.25, 0.3) is 0 Å². The zero-order valence-corrected chi connectivity index (χ0v) is 18.8. The maximum Gasteiger partial charge on any atom is 0.243 e. The number of nitrogens with one attached hydrogen (secondary N) is 2. The quantitative estimate of drug-likeness (QED) is 0.248. The summed E-state index contributed by atoms with van der Waals surface area (Å²) in [6, 6.07) is 0.484. The molecule has 1 aliphatic rings. The summed E-state index contributed by atoms with van der Waals surface area (Å²) in [4.78, 5) is 17.8. The Hall–Kier alpha value is -0.180. The van der Waals surface area contributed by atoms with E-state index in [1.807, 2.05) is 0 Å². The lowest BCUT2D eigenvalue weighted by molar-refractivity contribution is -0.127. The second kappa shape index (κ2) is 14.0. The summed E-state index contributed by atoms with van der Waals surface area (Å²) < 4.78 is 0. The summed E-state index contributed by atoms with van der Waals surface area (Å²) >= 11 is 1.80. The van der Waals surface area contributed by atoms with Crippen molar-refractivity contribution in [2.24, 2.45) is 10.9 Å². The fraction of sp³-hybridized carbons (Fsp3) is 0.882. The van der Waals surface area contributed by atoms with Crippen LogP contribution in [0.4, 0.5) is 0 Å². The first-order chi connectivity index (χ1) is 11.1. The van der Waals surface area contributed by atoms with Gasteiger partial charge in [0.2, 0.25) is 5.91 Å². The van der Waals surface area contributed by atoms with E-state index in [1.54, 1.807) is 30.8 Å². The SMILES string of the molecule is CCCC1CCC(NC(=NCC(=O)N(C)C)NCCSC)CC1.I. The van der Waals surface area contributed by atoms with E-state index < -0.39 is 0 Å². The van der Waals surface area contributed by atoms with Crippen LogP contribution in [0.5, 0.6) is 0 Å². The minimum atomic E-state index is 0. The van der Waals surface area contributed by atoms with Gasteiger partial charge < -0.3 is 15.5 Å². The van der Waals surface area contributed by atoms with E-state index in [1.165, 1.54) is 38.5 Å². The molecule has 5 nitrogen and oxygen atoms in total. The fourth-order valence-electron chi connectivity index (χ4n) is 2.91. The molecular weight excluding hydrogens is 435 g/mol. The molecule has 0 bridgehead atoms. The Morgan fingerprint density at radius 1 is 1.25 bits per heavy atom. The monoisotopic (exact) mass is 470 g/mol. The van der Waals surface area contributed by atoms with Crippen molar-refractivity contribution in [2.75, 3.05) is 39.2 Å². The smallest absolute Gasteiger partial charge is 0.243 e. The highest BCUT2D eigenvalue weighted by molar-refractivity contribution is 14.0. The number of aliphatic imine (C=N–C) groups is 1. The summed E-state index contributed by atoms with van der Waals surface area (Å²) in [6.07, 6.45) is 9.76. The van der Waals surface area contributed by atoms with E-state index in [0.29, 0.717) is 6.04 Å². The molecular formula is C17H35IN4OS. The molecule has 0 spiro atoms. The standard InChI is InChI=1S/C17H34N4OS.HI/c1-5-6-14-7-9-15(10-8-14)20-17(18-11-12-23-4)19-13-16(22)21(2)3;/h14-15H,5-13H2,1-4H3,(H2,18,19,20);1H. The van der Waals surface area contributed by atoms with Crippen LogP contribution in [0.15, 0.2) is 4.99 Å². The van der Waals surface area contributed by atoms with Gasteiger partial charge in [-0.05, 0) is 37.9 Å². The Kier molecular flexibility index (Phi) is 13.9. The highest BCUT2D eigenvalue weighted by Gasteiger charge is 2.21. The van der Waals surface area contributed by atoms with Gasteiger partial charge >= 0.3 is 0 Å². The van der Waals surface area contributed by atoms with Crippen molar-refractivity contribution in [3.8, 4) is 0 Å². The topological polar surface area (TPSA) is 56.7 Å². The Balaban J connectivity index is 0.00000529. The number of halogens is 1. The minimum absolute atomic E-state index is 0. The summed E-state index contributed by atoms with van der Waals surface area (Å²) in [5.41, 5.74) is 0. The number of hydrogen-bond acceptors (Lipinski definition) is 3. The predicted octanol–water partition coefficient (Wildman–Crippen LogP) is 2.95. The Morgan fingerprint density at radius 3 is 2.46 bits per heavy atom. The average Bonchev–Trinajstić information content (AvgIpc) is 2.54. The van der Waals surface area contributed by atoms with Crippen molar-refractivity contribution in [2.45, 2.75) is 51.5 Å². The molecule has 1 aliphatic carbocycles. The van der Waals surface area contributed by atoms with Crippen LogP contribution in [0.2, 0.25) is 0 Å². The van der Waals surface area contributed by atoms with Crippen molar-refractivity contribution in [3.05, 3.63) is 0 Å². The van der Waals surface area contributed by atoms with Gasteiger partial charge in [0.05, 0.1) is 0 Å². The fourth-order valence-corrected chi connectivity index (χ4v) is 3.22. The van der Waals surface area contributed by atoms with E-state index in [4.69, 9.17) is 0 Å². The van der Waals surface area contributed by atoms with E-state index >= 15 is 0 Å². The molecule has 0 aromatic heterocycles. The van der Waals surface area contributed by atoms with Crippen molar-refractivity contribution < 1.29 is 4.79 Å². The number of carbonyl (C=O) groups excluding carboxylic acids is 1. The maximum absolute atomic E-state index is 11.7. The molecule has 1 saturated carbocycles. The molecule has 1 fully saturated rings. The summed E-state index contributed by atoms with van der Waals surface area (Å²) in [7, 11) is 3.53. The molecule has 0 aliphatic heterocycles. The number of guanidine groups is 1. The first-order valence-corrected chi connectivity index (χ1v) is 10.2. The van der Waals surface area contributed by atoms with Gasteiger partial charge in [-0.15, -0.1) is 24.0 Å². The third-order valence-corrected chi connectivity index (χ3v) is 4.97. The average molecular weight is 470 g/mol. The lowest BCUT2D eigenvalue weighted by atomic mass is 9.83. The minimum Gasteiger partial charge on any atom is -0.356 e. The third kappa shape index (κ3) is 9.96. The largest absolute Gasteiger partial charge is 0.356 e. The van der Waals surface area contributed by atoms with Crippen LogP contribution in [0.1, 0.15) is 45.4 Å². The number of rotatable bonds is 8. The van der Waals surface area contributed by atoms with Gasteiger partial charge in [-0.2, -0.15) is 11.8 Å². The molecule has 2 N–H and O–H groups in total. The Morgan fingerprint density at radius 2 is 1.92 bits per heavy atom. The zero-order valence-electron chi connectivity index (χ0n) is 15.6. The van der Waals surface area contributed by atoms with Gasteiger partial charge in [-0.25, -0.2) is 4.99 Å². The summed E-state index contributed by atoms with van der Waals surface area (Å²) in [6.45, 7) is 3.34. The number of amides is 1. The van der Waals surface area contributed by atoms with Crippen LogP contribution < -0.4 is 10.6 Å². The maximum atomic E-state index is 11.7. The molecule has 1 amide bonds. The first-order valence-electron chi connectivity index (χ1n) is 8.80. The summed E-state index contributed by atoms with van der Waals surface area (Å²) in [5, 5.41) is 6.88. The van der Waals surface area contributed by atoms with Gasteiger partial charge in [0.15, 0.2) is 5.96 Å². The van der Waals surface area contributed by atoms with Crippen LogP contribution >= 0.6 is 35.7 Å². The van der Waals surface area contributed by atoms with Crippen molar-refractivity contribution >= 4 is 47.6 Å². The second-order valence-corrected chi connectivity index (χ2v) is 7.51. The van der Waals surface area contributed by atoms with Crippen LogP contribution in [0.3, 0.4) is 0 Å². The van der Waals surface area contributed by atoms with E-state index in [-0.39, 0.29) is 36.4 Å². The molecule has 0 radical (unpaired) electrons. The number of thioether (sulfide) groups is 1. The molecule has 0 atom stereocenters. The second-order valence-electron chi connectivity index (χ2n) is 6.52. The predicted molar refractivity (Wildman–Crippen MR) is 117 cm³/mol. The first kappa shape index (κ1) is 23.8. The van der Waals surface area contributed by atoms with Gasteiger partial charge in [-0.1, -0.05) is 19.8 Å². The molecule has 0 heterocycles. The molecule has 24 heavy (non-hydrogen) atoms. The highest BCUT2D eigenvalue weighted by atomic mass is 127. The zero-order chi connectivity index (χ0) is 17.1. The lowest BCUT2D eigenvalue weighted by Crippen LogP contribution is -2.46. The van der Waals surface area contributed by atoms with Crippen LogP contribution in [0.25, 0.3) is 0 Å². The van der Waals surface area contributed by atoms with Crippen molar-refractivity contribution in [1.82, 2.24) is 15.5 Å². The number of carbonyl (C=O) groups is 1. The molecule has 0 aromatic rings. The van der Waals surface area contributed by atoms with Crippen LogP contribution in [-0.2, 0) is 4.79 Å². The molecule has 0 unspecified atom stereocenters. The summed E-state index contributed by atoms with van der Waals surface area (Å²) in [5.74, 6) is 2.75. The Bertz CT molecular complexity index is 372. The van der Waals surface area contributed by atoms with Gasteiger partial charge in [0, 0.05) is 32.4 Å². The normalized spacial score (nSPS) is 20.9. The molecule has 0 aromatic carbocycles. The van der Waals surface area contributed by atoms with E-state index in [2.05, 4.69) is 28.8 Å².